The highest BCUT2D eigenvalue weighted by atomic mass is 35.5. The molecule has 0 saturated heterocycles. The molecule has 2 N–H and O–H groups in total. The molecule has 0 aliphatic carbocycles. The maximum atomic E-state index is 5.86. The number of aromatic nitrogens is 3. The van der Waals surface area contributed by atoms with E-state index in [2.05, 4.69) is 10.2 Å². The molecule has 0 radical (unpaired) electrons. The molecule has 0 aliphatic heterocycles. The van der Waals surface area contributed by atoms with Crippen LogP contribution in [0.1, 0.15) is 11.6 Å². The van der Waals surface area contributed by atoms with Crippen LogP contribution < -0.4 is 10.6 Å². The summed E-state index contributed by atoms with van der Waals surface area (Å²) in [6.07, 6.45) is 0. The first-order chi connectivity index (χ1) is 8.67. The summed E-state index contributed by atoms with van der Waals surface area (Å²) in [5, 5.41) is 8.06. The molecule has 5 nitrogen and oxygen atoms in total. The molecule has 0 spiro atoms. The van der Waals surface area contributed by atoms with E-state index in [0.717, 1.165) is 11.4 Å². The average Bonchev–Trinajstić information content (AvgIpc) is 2.81. The molecule has 96 valence electrons. The molecule has 0 aliphatic rings. The Balaban J connectivity index is 2.44. The number of alkyl halides is 1. The van der Waals surface area contributed by atoms with Crippen LogP contribution in [0, 0.1) is 0 Å². The number of hydrogen-bond acceptors (Lipinski definition) is 4. The first-order valence-corrected chi connectivity index (χ1v) is 6.17. The molecule has 2 aromatic rings. The number of halogens is 1. The van der Waals surface area contributed by atoms with Crippen molar-refractivity contribution in [1.29, 1.82) is 0 Å². The van der Waals surface area contributed by atoms with Crippen molar-refractivity contribution in [3.05, 3.63) is 35.9 Å². The van der Waals surface area contributed by atoms with Crippen LogP contribution in [0.25, 0.3) is 5.69 Å². The van der Waals surface area contributed by atoms with Crippen molar-refractivity contribution in [3.8, 4) is 5.69 Å². The minimum atomic E-state index is 0.308. The monoisotopic (exact) mass is 265 g/mol. The fourth-order valence-corrected chi connectivity index (χ4v) is 1.94. The van der Waals surface area contributed by atoms with Crippen molar-refractivity contribution in [3.63, 3.8) is 0 Å². The van der Waals surface area contributed by atoms with Gasteiger partial charge in [0, 0.05) is 25.5 Å². The Kier molecular flexibility index (Phi) is 3.84. The van der Waals surface area contributed by atoms with Crippen molar-refractivity contribution < 1.29 is 0 Å². The highest BCUT2D eigenvalue weighted by molar-refractivity contribution is 6.16. The third-order valence-electron chi connectivity index (χ3n) is 2.72. The summed E-state index contributed by atoms with van der Waals surface area (Å²) in [7, 11) is 4.01. The van der Waals surface area contributed by atoms with Crippen molar-refractivity contribution in [2.45, 2.75) is 12.4 Å². The number of anilines is 1. The summed E-state index contributed by atoms with van der Waals surface area (Å²) in [5.41, 5.74) is 7.77. The Morgan fingerprint density at radius 3 is 2.28 bits per heavy atom. The van der Waals surface area contributed by atoms with E-state index >= 15 is 0 Å². The fraction of sp³-hybridized carbons (Fsp3) is 0.333. The average molecular weight is 266 g/mol. The van der Waals surface area contributed by atoms with E-state index in [4.69, 9.17) is 17.3 Å². The largest absolute Gasteiger partial charge is 0.378 e. The van der Waals surface area contributed by atoms with Gasteiger partial charge in [0.05, 0.1) is 12.4 Å². The van der Waals surface area contributed by atoms with Gasteiger partial charge >= 0.3 is 0 Å². The molecule has 0 fully saturated rings. The van der Waals surface area contributed by atoms with Gasteiger partial charge in [-0.2, -0.15) is 0 Å². The van der Waals surface area contributed by atoms with Crippen LogP contribution in [0.2, 0.25) is 0 Å². The van der Waals surface area contributed by atoms with Crippen molar-refractivity contribution in [2.24, 2.45) is 5.73 Å². The molecule has 18 heavy (non-hydrogen) atoms. The fourth-order valence-electron chi connectivity index (χ4n) is 1.77. The van der Waals surface area contributed by atoms with Crippen LogP contribution in [0.3, 0.4) is 0 Å². The van der Waals surface area contributed by atoms with Crippen molar-refractivity contribution >= 4 is 17.3 Å². The van der Waals surface area contributed by atoms with Crippen LogP contribution in [0.15, 0.2) is 24.3 Å². The van der Waals surface area contributed by atoms with Gasteiger partial charge in [-0.3, -0.25) is 4.57 Å². The minimum Gasteiger partial charge on any atom is -0.378 e. The highest BCUT2D eigenvalue weighted by Gasteiger charge is 2.11. The molecular formula is C12H16ClN5. The zero-order chi connectivity index (χ0) is 13.1. The Morgan fingerprint density at radius 1 is 1.17 bits per heavy atom. The normalized spacial score (nSPS) is 10.7. The molecular weight excluding hydrogens is 250 g/mol. The molecule has 0 bridgehead atoms. The van der Waals surface area contributed by atoms with Crippen LogP contribution in [0.5, 0.6) is 0 Å². The number of hydrogen-bond donors (Lipinski definition) is 1. The lowest BCUT2D eigenvalue weighted by Crippen LogP contribution is -2.10. The summed E-state index contributed by atoms with van der Waals surface area (Å²) in [5.74, 6) is 1.72. The lowest BCUT2D eigenvalue weighted by atomic mass is 10.2. The summed E-state index contributed by atoms with van der Waals surface area (Å²) >= 11 is 5.86. The van der Waals surface area contributed by atoms with Gasteiger partial charge in [-0.05, 0) is 24.3 Å². The Labute approximate surface area is 111 Å². The second-order valence-electron chi connectivity index (χ2n) is 4.12. The molecule has 1 aromatic carbocycles. The maximum absolute atomic E-state index is 5.86. The van der Waals surface area contributed by atoms with E-state index in [1.165, 1.54) is 0 Å². The van der Waals surface area contributed by atoms with Gasteiger partial charge in [-0.25, -0.2) is 0 Å². The van der Waals surface area contributed by atoms with Crippen molar-refractivity contribution in [2.75, 3.05) is 19.0 Å². The van der Waals surface area contributed by atoms with Gasteiger partial charge in [0.2, 0.25) is 0 Å². The zero-order valence-corrected chi connectivity index (χ0v) is 11.2. The van der Waals surface area contributed by atoms with Gasteiger partial charge in [0.15, 0.2) is 11.6 Å². The summed E-state index contributed by atoms with van der Waals surface area (Å²) in [4.78, 5) is 2.04. The summed E-state index contributed by atoms with van der Waals surface area (Å²) in [6, 6.07) is 8.09. The van der Waals surface area contributed by atoms with Crippen LogP contribution in [0.4, 0.5) is 5.69 Å². The summed E-state index contributed by atoms with van der Waals surface area (Å²) < 4.78 is 1.90. The topological polar surface area (TPSA) is 60.0 Å². The molecule has 0 atom stereocenters. The molecule has 2 rings (SSSR count). The third-order valence-corrected chi connectivity index (χ3v) is 2.96. The lowest BCUT2D eigenvalue weighted by Gasteiger charge is -2.14. The molecule has 0 amide bonds. The molecule has 1 heterocycles. The van der Waals surface area contributed by atoms with Crippen LogP contribution in [-0.2, 0) is 12.4 Å². The van der Waals surface area contributed by atoms with Crippen molar-refractivity contribution in [1.82, 2.24) is 14.8 Å². The first kappa shape index (κ1) is 12.9. The number of rotatable bonds is 4. The van der Waals surface area contributed by atoms with E-state index in [1.807, 2.05) is 47.8 Å². The Hall–Kier alpha value is -1.59. The lowest BCUT2D eigenvalue weighted by molar-refractivity contribution is 0.847. The van der Waals surface area contributed by atoms with E-state index in [0.29, 0.717) is 24.1 Å². The predicted molar refractivity (Wildman–Crippen MR) is 73.1 cm³/mol. The number of nitrogens with zero attached hydrogens (tertiary/aromatic N) is 4. The van der Waals surface area contributed by atoms with E-state index in [1.54, 1.807) is 0 Å². The predicted octanol–water partition coefficient (Wildman–Crippen LogP) is 1.53. The van der Waals surface area contributed by atoms with Gasteiger partial charge in [-0.1, -0.05) is 0 Å². The second kappa shape index (κ2) is 5.37. The zero-order valence-electron chi connectivity index (χ0n) is 10.5. The first-order valence-electron chi connectivity index (χ1n) is 5.64. The Morgan fingerprint density at radius 2 is 1.78 bits per heavy atom. The number of benzene rings is 1. The highest BCUT2D eigenvalue weighted by Crippen LogP contribution is 2.18. The molecule has 1 aromatic heterocycles. The van der Waals surface area contributed by atoms with Gasteiger partial charge in [0.1, 0.15) is 0 Å². The third kappa shape index (κ3) is 2.32. The number of nitrogens with two attached hydrogens (primary N) is 1. The molecule has 0 unspecified atom stereocenters. The van der Waals surface area contributed by atoms with E-state index < -0.39 is 0 Å². The van der Waals surface area contributed by atoms with Gasteiger partial charge in [-0.15, -0.1) is 21.8 Å². The van der Waals surface area contributed by atoms with E-state index in [-0.39, 0.29) is 0 Å². The van der Waals surface area contributed by atoms with Gasteiger partial charge in [0.25, 0.3) is 0 Å². The van der Waals surface area contributed by atoms with Crippen LogP contribution >= 0.6 is 11.6 Å². The van der Waals surface area contributed by atoms with E-state index in [9.17, 15) is 0 Å². The maximum Gasteiger partial charge on any atom is 0.152 e. The smallest absolute Gasteiger partial charge is 0.152 e. The summed E-state index contributed by atoms with van der Waals surface area (Å²) in [6.45, 7) is 0.333. The standard InChI is InChI=1S/C12H16ClN5/c1-17(2)9-3-5-10(6-4-9)18-11(7-13)15-16-12(18)8-14/h3-6H,7-8,14H2,1-2H3. The van der Waals surface area contributed by atoms with Crippen LogP contribution in [-0.4, -0.2) is 28.9 Å². The molecule has 0 saturated carbocycles. The quantitative estimate of drug-likeness (QED) is 0.852. The minimum absolute atomic E-state index is 0.308. The SMILES string of the molecule is CN(C)c1ccc(-n2c(CN)nnc2CCl)cc1. The van der Waals surface area contributed by atoms with Gasteiger partial charge < -0.3 is 10.6 Å². The molecule has 6 heteroatoms. The second-order valence-corrected chi connectivity index (χ2v) is 4.38. The Bertz CT molecular complexity index is 496.